The van der Waals surface area contributed by atoms with E-state index in [0.717, 1.165) is 26.3 Å². The summed E-state index contributed by atoms with van der Waals surface area (Å²) >= 11 is 4.71. The van der Waals surface area contributed by atoms with Crippen molar-refractivity contribution in [3.05, 3.63) is 69.1 Å². The average Bonchev–Trinajstić information content (AvgIpc) is 3.05. The van der Waals surface area contributed by atoms with Gasteiger partial charge in [0, 0.05) is 15.7 Å². The molecule has 2 amide bonds. The zero-order valence-electron chi connectivity index (χ0n) is 14.9. The number of thiazole rings is 1. The highest BCUT2D eigenvalue weighted by atomic mass is 79.9. The summed E-state index contributed by atoms with van der Waals surface area (Å²) in [4.78, 5) is 29.6. The first kappa shape index (κ1) is 19.3. The second-order valence-corrected chi connectivity index (χ2v) is 7.90. The third kappa shape index (κ3) is 4.81. The number of carbonyl (C=O) groups excluding carboxylic acids is 2. The van der Waals surface area contributed by atoms with E-state index in [1.54, 1.807) is 6.92 Å². The monoisotopic (exact) mass is 443 g/mol. The molecule has 0 aliphatic carbocycles. The molecule has 0 saturated carbocycles. The molecular formula is C20H18BrN3O2S. The Hall–Kier alpha value is -2.51. The quantitative estimate of drug-likeness (QED) is 0.606. The van der Waals surface area contributed by atoms with Crippen molar-refractivity contribution in [3.8, 4) is 10.6 Å². The minimum atomic E-state index is -0.296. The average molecular weight is 444 g/mol. The van der Waals surface area contributed by atoms with E-state index in [1.165, 1.54) is 11.3 Å². The van der Waals surface area contributed by atoms with Gasteiger partial charge in [0.1, 0.15) is 9.88 Å². The Morgan fingerprint density at radius 2 is 1.85 bits per heavy atom. The van der Waals surface area contributed by atoms with Crippen LogP contribution in [0.25, 0.3) is 10.6 Å². The molecular weight excluding hydrogens is 426 g/mol. The lowest BCUT2D eigenvalue weighted by Gasteiger charge is -2.09. The number of nitrogens with one attached hydrogen (secondary N) is 2. The summed E-state index contributed by atoms with van der Waals surface area (Å²) in [7, 11) is 0. The van der Waals surface area contributed by atoms with E-state index in [4.69, 9.17) is 0 Å². The van der Waals surface area contributed by atoms with Crippen LogP contribution in [0.3, 0.4) is 0 Å². The van der Waals surface area contributed by atoms with Gasteiger partial charge in [-0.1, -0.05) is 46.3 Å². The molecule has 3 rings (SSSR count). The van der Waals surface area contributed by atoms with Gasteiger partial charge in [-0.05, 0) is 37.6 Å². The van der Waals surface area contributed by atoms with E-state index in [-0.39, 0.29) is 18.4 Å². The molecule has 0 saturated heterocycles. The number of aromatic nitrogens is 1. The van der Waals surface area contributed by atoms with Crippen LogP contribution < -0.4 is 10.6 Å². The van der Waals surface area contributed by atoms with Crippen molar-refractivity contribution in [2.75, 3.05) is 11.9 Å². The van der Waals surface area contributed by atoms with E-state index >= 15 is 0 Å². The lowest BCUT2D eigenvalue weighted by atomic mass is 10.2. The minimum absolute atomic E-state index is 0.105. The number of rotatable bonds is 5. The maximum atomic E-state index is 12.5. The first-order valence-corrected chi connectivity index (χ1v) is 9.92. The molecule has 0 aliphatic rings. The summed E-state index contributed by atoms with van der Waals surface area (Å²) in [6.07, 6.45) is 0. The number of halogens is 1. The molecule has 2 aromatic carbocycles. The summed E-state index contributed by atoms with van der Waals surface area (Å²) in [6, 6.07) is 15.3. The van der Waals surface area contributed by atoms with Crippen LogP contribution in [0.1, 0.15) is 20.9 Å². The number of amides is 2. The fourth-order valence-corrected chi connectivity index (χ4v) is 3.98. The predicted octanol–water partition coefficient (Wildman–Crippen LogP) is 4.56. The summed E-state index contributed by atoms with van der Waals surface area (Å²) in [6.45, 7) is 3.60. The molecule has 0 spiro atoms. The number of hydrogen-bond acceptors (Lipinski definition) is 4. The Morgan fingerprint density at radius 3 is 2.56 bits per heavy atom. The lowest BCUT2D eigenvalue weighted by Crippen LogP contribution is -2.32. The van der Waals surface area contributed by atoms with Crippen molar-refractivity contribution in [3.63, 3.8) is 0 Å². The fraction of sp³-hybridized carbons (Fsp3) is 0.150. The molecule has 0 aliphatic heterocycles. The van der Waals surface area contributed by atoms with Gasteiger partial charge in [0.25, 0.3) is 5.91 Å². The molecule has 7 heteroatoms. The number of hydrogen-bond donors (Lipinski definition) is 2. The second-order valence-electron chi connectivity index (χ2n) is 5.99. The number of anilines is 1. The maximum Gasteiger partial charge on any atom is 0.263 e. The van der Waals surface area contributed by atoms with Gasteiger partial charge in [-0.3, -0.25) is 9.59 Å². The molecule has 0 bridgehead atoms. The van der Waals surface area contributed by atoms with Gasteiger partial charge < -0.3 is 10.6 Å². The standard InChI is InChI=1S/C20H18BrN3O2S/c1-12-10-15(21)8-9-16(12)24-17(25)11-22-19(26)18-13(2)23-20(27-18)14-6-4-3-5-7-14/h3-10H,11H2,1-2H3,(H,22,26)(H,24,25). The number of aryl methyl sites for hydroxylation is 2. The summed E-state index contributed by atoms with van der Waals surface area (Å²) in [5.41, 5.74) is 3.28. The molecule has 138 valence electrons. The van der Waals surface area contributed by atoms with Gasteiger partial charge in [-0.15, -0.1) is 11.3 Å². The highest BCUT2D eigenvalue weighted by Gasteiger charge is 2.17. The van der Waals surface area contributed by atoms with Gasteiger partial charge in [-0.25, -0.2) is 4.98 Å². The van der Waals surface area contributed by atoms with Crippen LogP contribution in [0.15, 0.2) is 53.0 Å². The molecule has 27 heavy (non-hydrogen) atoms. The van der Waals surface area contributed by atoms with Crippen LogP contribution in [-0.4, -0.2) is 23.3 Å². The largest absolute Gasteiger partial charge is 0.342 e. The van der Waals surface area contributed by atoms with Gasteiger partial charge in [0.15, 0.2) is 0 Å². The Labute approximate surface area is 170 Å². The fourth-order valence-electron chi connectivity index (χ4n) is 2.51. The molecule has 0 radical (unpaired) electrons. The number of carbonyl (C=O) groups is 2. The van der Waals surface area contributed by atoms with E-state index in [1.807, 2.05) is 55.5 Å². The van der Waals surface area contributed by atoms with Crippen LogP contribution in [0, 0.1) is 13.8 Å². The zero-order valence-corrected chi connectivity index (χ0v) is 17.3. The molecule has 0 fully saturated rings. The predicted molar refractivity (Wildman–Crippen MR) is 112 cm³/mol. The number of benzene rings is 2. The minimum Gasteiger partial charge on any atom is -0.342 e. The first-order chi connectivity index (χ1) is 12.9. The van der Waals surface area contributed by atoms with Gasteiger partial charge in [-0.2, -0.15) is 0 Å². The summed E-state index contributed by atoms with van der Waals surface area (Å²) in [5.74, 6) is -0.575. The van der Waals surface area contributed by atoms with E-state index < -0.39 is 0 Å². The van der Waals surface area contributed by atoms with Crippen molar-refractivity contribution >= 4 is 44.8 Å². The van der Waals surface area contributed by atoms with Crippen molar-refractivity contribution in [1.82, 2.24) is 10.3 Å². The van der Waals surface area contributed by atoms with Crippen LogP contribution in [0.4, 0.5) is 5.69 Å². The van der Waals surface area contributed by atoms with Crippen LogP contribution in [-0.2, 0) is 4.79 Å². The SMILES string of the molecule is Cc1cc(Br)ccc1NC(=O)CNC(=O)c1sc(-c2ccccc2)nc1C. The van der Waals surface area contributed by atoms with E-state index in [0.29, 0.717) is 10.6 Å². The summed E-state index contributed by atoms with van der Waals surface area (Å²) < 4.78 is 0.946. The van der Waals surface area contributed by atoms with E-state index in [2.05, 4.69) is 31.5 Å². The Kier molecular flexibility index (Phi) is 6.03. The normalized spacial score (nSPS) is 10.5. The van der Waals surface area contributed by atoms with Crippen molar-refractivity contribution in [1.29, 1.82) is 0 Å². The van der Waals surface area contributed by atoms with Gasteiger partial charge in [0.2, 0.25) is 5.91 Å². The van der Waals surface area contributed by atoms with Crippen molar-refractivity contribution in [2.24, 2.45) is 0 Å². The maximum absolute atomic E-state index is 12.5. The number of nitrogens with zero attached hydrogens (tertiary/aromatic N) is 1. The second kappa shape index (κ2) is 8.45. The Morgan fingerprint density at radius 1 is 1.11 bits per heavy atom. The molecule has 5 nitrogen and oxygen atoms in total. The Balaban J connectivity index is 1.62. The van der Waals surface area contributed by atoms with E-state index in [9.17, 15) is 9.59 Å². The third-order valence-electron chi connectivity index (χ3n) is 3.90. The topological polar surface area (TPSA) is 71.1 Å². The molecule has 1 heterocycles. The van der Waals surface area contributed by atoms with Crippen molar-refractivity contribution in [2.45, 2.75) is 13.8 Å². The Bertz CT molecular complexity index is 986. The zero-order chi connectivity index (χ0) is 19.4. The van der Waals surface area contributed by atoms with Gasteiger partial charge >= 0.3 is 0 Å². The third-order valence-corrected chi connectivity index (χ3v) is 5.59. The lowest BCUT2D eigenvalue weighted by molar-refractivity contribution is -0.115. The van der Waals surface area contributed by atoms with Gasteiger partial charge in [0.05, 0.1) is 12.2 Å². The molecule has 0 unspecified atom stereocenters. The first-order valence-electron chi connectivity index (χ1n) is 8.31. The molecule has 0 atom stereocenters. The van der Waals surface area contributed by atoms with Crippen LogP contribution >= 0.6 is 27.3 Å². The molecule has 3 aromatic rings. The van der Waals surface area contributed by atoms with Crippen molar-refractivity contribution < 1.29 is 9.59 Å². The highest BCUT2D eigenvalue weighted by Crippen LogP contribution is 2.27. The van der Waals surface area contributed by atoms with Crippen LogP contribution in [0.5, 0.6) is 0 Å². The van der Waals surface area contributed by atoms with Crippen LogP contribution in [0.2, 0.25) is 0 Å². The summed E-state index contributed by atoms with van der Waals surface area (Å²) in [5, 5.41) is 6.25. The molecule has 2 N–H and O–H groups in total. The smallest absolute Gasteiger partial charge is 0.263 e. The molecule has 1 aromatic heterocycles. The highest BCUT2D eigenvalue weighted by molar-refractivity contribution is 9.10.